The Bertz CT molecular complexity index is 812. The fourth-order valence-corrected chi connectivity index (χ4v) is 2.98. The molecule has 0 unspecified atom stereocenters. The molecule has 0 spiro atoms. The molecule has 0 aliphatic carbocycles. The van der Waals surface area contributed by atoms with E-state index in [9.17, 15) is 4.79 Å². The van der Waals surface area contributed by atoms with Gasteiger partial charge in [-0.15, -0.1) is 11.8 Å². The van der Waals surface area contributed by atoms with E-state index >= 15 is 0 Å². The molecular formula is C16H14N2O3S. The topological polar surface area (TPSA) is 64.3 Å². The van der Waals surface area contributed by atoms with E-state index in [-0.39, 0.29) is 0 Å². The van der Waals surface area contributed by atoms with Crippen molar-refractivity contribution in [2.75, 3.05) is 7.11 Å². The summed E-state index contributed by atoms with van der Waals surface area (Å²) in [6.45, 7) is 0. The summed E-state index contributed by atoms with van der Waals surface area (Å²) in [5.41, 5.74) is 1.78. The lowest BCUT2D eigenvalue weighted by Crippen LogP contribution is -2.05. The number of fused-ring (bicyclic) bond motifs is 1. The SMILES string of the molecule is COc1ccc(CSc2cc3ccn(C(=O)O)c3cn2)cc1. The van der Waals surface area contributed by atoms with Crippen LogP contribution in [0.4, 0.5) is 4.79 Å². The zero-order chi connectivity index (χ0) is 15.5. The highest BCUT2D eigenvalue weighted by molar-refractivity contribution is 7.98. The summed E-state index contributed by atoms with van der Waals surface area (Å²) in [5.74, 6) is 1.63. The van der Waals surface area contributed by atoms with Crippen LogP contribution in [0.3, 0.4) is 0 Å². The predicted octanol–water partition coefficient (Wildman–Crippen LogP) is 3.86. The Balaban J connectivity index is 1.75. The zero-order valence-electron chi connectivity index (χ0n) is 11.9. The third-order valence-corrected chi connectivity index (χ3v) is 4.30. The normalized spacial score (nSPS) is 10.8. The number of thioether (sulfide) groups is 1. The van der Waals surface area contributed by atoms with Gasteiger partial charge in [0.2, 0.25) is 0 Å². The molecule has 0 aliphatic rings. The molecule has 3 aromatic rings. The highest BCUT2D eigenvalue weighted by atomic mass is 32.2. The van der Waals surface area contributed by atoms with Gasteiger partial charge in [0.25, 0.3) is 0 Å². The van der Waals surface area contributed by atoms with Gasteiger partial charge in [-0.25, -0.2) is 9.78 Å². The Morgan fingerprint density at radius 3 is 2.77 bits per heavy atom. The van der Waals surface area contributed by atoms with Crippen LogP contribution < -0.4 is 4.74 Å². The van der Waals surface area contributed by atoms with Crippen molar-refractivity contribution in [2.24, 2.45) is 0 Å². The van der Waals surface area contributed by atoms with E-state index in [4.69, 9.17) is 9.84 Å². The largest absolute Gasteiger partial charge is 0.497 e. The lowest BCUT2D eigenvalue weighted by Gasteiger charge is -2.04. The minimum atomic E-state index is -1.00. The maximum Gasteiger partial charge on any atom is 0.416 e. The second-order valence-electron chi connectivity index (χ2n) is 4.69. The molecule has 0 amide bonds. The van der Waals surface area contributed by atoms with E-state index < -0.39 is 6.09 Å². The van der Waals surface area contributed by atoms with Crippen LogP contribution in [0.5, 0.6) is 5.75 Å². The molecule has 3 rings (SSSR count). The van der Waals surface area contributed by atoms with E-state index in [1.165, 1.54) is 16.3 Å². The van der Waals surface area contributed by atoms with Crippen molar-refractivity contribution in [3.05, 3.63) is 54.4 Å². The standard InChI is InChI=1S/C16H14N2O3S/c1-21-13-4-2-11(3-5-13)10-22-15-8-12-6-7-18(16(19)20)14(12)9-17-15/h2-9H,10H2,1H3,(H,19,20). The molecule has 5 nitrogen and oxygen atoms in total. The van der Waals surface area contributed by atoms with Crippen LogP contribution in [-0.4, -0.2) is 27.9 Å². The molecule has 1 N–H and O–H groups in total. The van der Waals surface area contributed by atoms with Gasteiger partial charge >= 0.3 is 6.09 Å². The van der Waals surface area contributed by atoms with Crippen molar-refractivity contribution in [2.45, 2.75) is 10.8 Å². The Labute approximate surface area is 131 Å². The van der Waals surface area contributed by atoms with Gasteiger partial charge in [-0.3, -0.25) is 4.57 Å². The average molecular weight is 314 g/mol. The van der Waals surface area contributed by atoms with Gasteiger partial charge in [-0.1, -0.05) is 12.1 Å². The number of aromatic nitrogens is 2. The second kappa shape index (κ2) is 6.11. The summed E-state index contributed by atoms with van der Waals surface area (Å²) in [4.78, 5) is 15.4. The monoisotopic (exact) mass is 314 g/mol. The Morgan fingerprint density at radius 2 is 2.09 bits per heavy atom. The first-order chi connectivity index (χ1) is 10.7. The summed E-state index contributed by atoms with van der Waals surface area (Å²) in [7, 11) is 1.64. The summed E-state index contributed by atoms with van der Waals surface area (Å²) < 4.78 is 6.30. The van der Waals surface area contributed by atoms with Crippen LogP contribution in [0.25, 0.3) is 10.9 Å². The van der Waals surface area contributed by atoms with Crippen molar-refractivity contribution in [1.29, 1.82) is 0 Å². The van der Waals surface area contributed by atoms with E-state index in [1.54, 1.807) is 31.1 Å². The van der Waals surface area contributed by atoms with Crippen molar-refractivity contribution < 1.29 is 14.6 Å². The summed E-state index contributed by atoms with van der Waals surface area (Å²) >= 11 is 1.61. The summed E-state index contributed by atoms with van der Waals surface area (Å²) in [5, 5.41) is 10.8. The molecule has 0 radical (unpaired) electrons. The van der Waals surface area contributed by atoms with Crippen LogP contribution in [0.2, 0.25) is 0 Å². The van der Waals surface area contributed by atoms with Crippen LogP contribution in [0.15, 0.2) is 53.8 Å². The number of nitrogens with zero attached hydrogens (tertiary/aromatic N) is 2. The Morgan fingerprint density at radius 1 is 1.32 bits per heavy atom. The lowest BCUT2D eigenvalue weighted by atomic mass is 10.2. The molecule has 0 fully saturated rings. The van der Waals surface area contributed by atoms with Crippen LogP contribution >= 0.6 is 11.8 Å². The molecule has 6 heteroatoms. The maximum absolute atomic E-state index is 11.0. The lowest BCUT2D eigenvalue weighted by molar-refractivity contribution is 0.197. The van der Waals surface area contributed by atoms with Crippen LogP contribution in [-0.2, 0) is 5.75 Å². The smallest absolute Gasteiger partial charge is 0.416 e. The Kier molecular flexibility index (Phi) is 4.02. The maximum atomic E-state index is 11.0. The summed E-state index contributed by atoms with van der Waals surface area (Å²) in [6.07, 6.45) is 2.13. The number of benzene rings is 1. The van der Waals surface area contributed by atoms with Gasteiger partial charge in [0.05, 0.1) is 23.8 Å². The third kappa shape index (κ3) is 2.92. The summed E-state index contributed by atoms with van der Waals surface area (Å²) in [6, 6.07) is 11.6. The van der Waals surface area contributed by atoms with E-state index in [0.717, 1.165) is 21.9 Å². The molecule has 1 aromatic carbocycles. The molecule has 112 valence electrons. The van der Waals surface area contributed by atoms with Crippen molar-refractivity contribution in [3.63, 3.8) is 0 Å². The number of hydrogen-bond acceptors (Lipinski definition) is 4. The van der Waals surface area contributed by atoms with Crippen LogP contribution in [0.1, 0.15) is 5.56 Å². The van der Waals surface area contributed by atoms with Crippen molar-refractivity contribution in [3.8, 4) is 5.75 Å². The molecule has 0 atom stereocenters. The van der Waals surface area contributed by atoms with E-state index in [0.29, 0.717) is 5.52 Å². The minimum absolute atomic E-state index is 0.598. The van der Waals surface area contributed by atoms with Gasteiger partial charge in [0.1, 0.15) is 5.75 Å². The highest BCUT2D eigenvalue weighted by Gasteiger charge is 2.08. The number of methoxy groups -OCH3 is 1. The molecule has 0 aliphatic heterocycles. The van der Waals surface area contributed by atoms with E-state index in [1.807, 2.05) is 30.3 Å². The first-order valence-corrected chi connectivity index (χ1v) is 7.62. The first-order valence-electron chi connectivity index (χ1n) is 6.63. The Hall–Kier alpha value is -2.47. The van der Waals surface area contributed by atoms with Crippen LogP contribution in [0, 0.1) is 0 Å². The number of rotatable bonds is 4. The number of ether oxygens (including phenoxy) is 1. The van der Waals surface area contributed by atoms with E-state index in [2.05, 4.69) is 4.98 Å². The predicted molar refractivity (Wildman–Crippen MR) is 85.7 cm³/mol. The van der Waals surface area contributed by atoms with Crippen molar-refractivity contribution in [1.82, 2.24) is 9.55 Å². The molecule has 2 aromatic heterocycles. The molecule has 0 bridgehead atoms. The first kappa shape index (κ1) is 14.5. The van der Waals surface area contributed by atoms with Crippen molar-refractivity contribution >= 4 is 28.8 Å². The van der Waals surface area contributed by atoms with Gasteiger partial charge in [-0.05, 0) is 29.8 Å². The third-order valence-electron chi connectivity index (χ3n) is 3.30. The fraction of sp³-hybridized carbons (Fsp3) is 0.125. The van der Waals surface area contributed by atoms with Gasteiger partial charge in [-0.2, -0.15) is 0 Å². The molecule has 22 heavy (non-hydrogen) atoms. The minimum Gasteiger partial charge on any atom is -0.497 e. The zero-order valence-corrected chi connectivity index (χ0v) is 12.7. The average Bonchev–Trinajstić information content (AvgIpc) is 2.96. The molecular weight excluding hydrogens is 300 g/mol. The highest BCUT2D eigenvalue weighted by Crippen LogP contribution is 2.25. The molecule has 0 saturated heterocycles. The van der Waals surface area contributed by atoms with Gasteiger partial charge < -0.3 is 9.84 Å². The fourth-order valence-electron chi connectivity index (χ4n) is 2.14. The quantitative estimate of drug-likeness (QED) is 0.741. The molecule has 0 saturated carbocycles. The number of carboxylic acid groups (broad SMARTS) is 1. The van der Waals surface area contributed by atoms with Gasteiger partial charge in [0, 0.05) is 17.3 Å². The number of hydrogen-bond donors (Lipinski definition) is 1. The van der Waals surface area contributed by atoms with Gasteiger partial charge in [0.15, 0.2) is 0 Å². The number of carbonyl (C=O) groups is 1. The second-order valence-corrected chi connectivity index (χ2v) is 5.68. The number of pyridine rings is 1. The molecule has 2 heterocycles.